The van der Waals surface area contributed by atoms with Gasteiger partial charge >= 0.3 is 0 Å². The molecule has 1 saturated heterocycles. The van der Waals surface area contributed by atoms with Crippen LogP contribution in [0.4, 0.5) is 0 Å². The number of carbonyl (C=O) groups is 2. The lowest BCUT2D eigenvalue weighted by Crippen LogP contribution is -2.37. The summed E-state index contributed by atoms with van der Waals surface area (Å²) in [6, 6.07) is 9.00. The van der Waals surface area contributed by atoms with E-state index in [4.69, 9.17) is 0 Å². The minimum absolute atomic E-state index is 0.0690. The molecule has 0 saturated carbocycles. The number of nitrogens with zero attached hydrogens (tertiary/aromatic N) is 4. The number of nitrogens with one attached hydrogen (secondary N) is 1. The van der Waals surface area contributed by atoms with Gasteiger partial charge in [0.25, 0.3) is 5.91 Å². The number of hydrogen-bond donors (Lipinski definition) is 1. The number of hydrogen-bond acceptors (Lipinski definition) is 4. The van der Waals surface area contributed by atoms with E-state index in [1.54, 1.807) is 18.3 Å². The Morgan fingerprint density at radius 2 is 1.83 bits per heavy atom. The molecule has 2 aromatic rings. The molecule has 1 fully saturated rings. The fourth-order valence-corrected chi connectivity index (χ4v) is 2.74. The summed E-state index contributed by atoms with van der Waals surface area (Å²) in [5.41, 5.74) is 1.23. The maximum absolute atomic E-state index is 12.2. The predicted octanol–water partition coefficient (Wildman–Crippen LogP) is 1.22. The van der Waals surface area contributed by atoms with Crippen LogP contribution in [0.15, 0.2) is 36.5 Å². The van der Waals surface area contributed by atoms with E-state index in [2.05, 4.69) is 15.6 Å². The van der Waals surface area contributed by atoms with Crippen molar-refractivity contribution < 1.29 is 9.59 Å². The molecule has 3 rings (SSSR count). The topological polar surface area (TPSA) is 80.1 Å². The Morgan fingerprint density at radius 1 is 1.08 bits per heavy atom. The highest BCUT2D eigenvalue weighted by molar-refractivity contribution is 5.94. The normalized spacial score (nSPS) is 14.4. The van der Waals surface area contributed by atoms with Gasteiger partial charge in [-0.3, -0.25) is 9.59 Å². The van der Waals surface area contributed by atoms with Gasteiger partial charge < -0.3 is 10.2 Å². The van der Waals surface area contributed by atoms with Crippen molar-refractivity contribution >= 4 is 11.8 Å². The van der Waals surface area contributed by atoms with Crippen LogP contribution in [0.3, 0.4) is 0 Å². The van der Waals surface area contributed by atoms with Crippen LogP contribution in [0.2, 0.25) is 0 Å². The third kappa shape index (κ3) is 4.18. The molecule has 7 nitrogen and oxygen atoms in total. The van der Waals surface area contributed by atoms with Gasteiger partial charge in [0.1, 0.15) is 12.2 Å². The molecular weight excluding hydrogens is 306 g/mol. The molecule has 1 aliphatic rings. The van der Waals surface area contributed by atoms with Crippen molar-refractivity contribution in [3.8, 4) is 0 Å². The summed E-state index contributed by atoms with van der Waals surface area (Å²) in [4.78, 5) is 26.1. The first-order valence-electron chi connectivity index (χ1n) is 8.22. The van der Waals surface area contributed by atoms with Crippen LogP contribution in [0.1, 0.15) is 35.3 Å². The van der Waals surface area contributed by atoms with E-state index < -0.39 is 0 Å². The zero-order valence-electron chi connectivity index (χ0n) is 13.5. The molecule has 24 heavy (non-hydrogen) atoms. The molecule has 0 bridgehead atoms. The maximum atomic E-state index is 12.2. The second-order valence-corrected chi connectivity index (χ2v) is 5.90. The van der Waals surface area contributed by atoms with E-state index in [0.717, 1.165) is 25.9 Å². The average Bonchev–Trinajstić information content (AvgIpc) is 3.08. The Balaban J connectivity index is 1.50. The molecule has 2 heterocycles. The largest absolute Gasteiger partial charge is 0.346 e. The molecule has 7 heteroatoms. The van der Waals surface area contributed by atoms with Crippen molar-refractivity contribution in [3.05, 3.63) is 47.8 Å². The number of aromatic nitrogens is 3. The zero-order valence-corrected chi connectivity index (χ0v) is 13.5. The van der Waals surface area contributed by atoms with Gasteiger partial charge in [-0.15, -0.1) is 5.10 Å². The van der Waals surface area contributed by atoms with Crippen LogP contribution in [0.5, 0.6) is 0 Å². The van der Waals surface area contributed by atoms with Crippen molar-refractivity contribution in [3.63, 3.8) is 0 Å². The van der Waals surface area contributed by atoms with E-state index in [-0.39, 0.29) is 24.9 Å². The number of piperidine rings is 1. The average molecular weight is 327 g/mol. The minimum Gasteiger partial charge on any atom is -0.346 e. The molecule has 1 aliphatic heterocycles. The Morgan fingerprint density at radius 3 is 2.58 bits per heavy atom. The van der Waals surface area contributed by atoms with Crippen LogP contribution in [0.25, 0.3) is 0 Å². The summed E-state index contributed by atoms with van der Waals surface area (Å²) in [7, 11) is 0. The Hall–Kier alpha value is -2.70. The van der Waals surface area contributed by atoms with Gasteiger partial charge in [-0.25, -0.2) is 4.68 Å². The van der Waals surface area contributed by atoms with Gasteiger partial charge in [-0.2, -0.15) is 0 Å². The fourth-order valence-electron chi connectivity index (χ4n) is 2.74. The van der Waals surface area contributed by atoms with Gasteiger partial charge in [-0.05, 0) is 31.4 Å². The molecular formula is C17H21N5O2. The van der Waals surface area contributed by atoms with Gasteiger partial charge in [0.05, 0.1) is 12.7 Å². The summed E-state index contributed by atoms with van der Waals surface area (Å²) in [6.07, 6.45) is 5.03. The summed E-state index contributed by atoms with van der Waals surface area (Å²) < 4.78 is 1.53. The van der Waals surface area contributed by atoms with Gasteiger partial charge in [-0.1, -0.05) is 23.4 Å². The SMILES string of the molecule is O=C(NCc1cn(CC(=O)N2CCCCC2)nn1)c1ccccc1. The summed E-state index contributed by atoms with van der Waals surface area (Å²) >= 11 is 0. The van der Waals surface area contributed by atoms with Gasteiger partial charge in [0.2, 0.25) is 5.91 Å². The summed E-state index contributed by atoms with van der Waals surface area (Å²) in [5, 5.41) is 10.8. The highest BCUT2D eigenvalue weighted by Gasteiger charge is 2.17. The molecule has 0 aliphatic carbocycles. The lowest BCUT2D eigenvalue weighted by molar-refractivity contribution is -0.132. The highest BCUT2D eigenvalue weighted by Crippen LogP contribution is 2.09. The van der Waals surface area contributed by atoms with Crippen LogP contribution in [-0.4, -0.2) is 44.8 Å². The van der Waals surface area contributed by atoms with E-state index in [9.17, 15) is 9.59 Å². The van der Waals surface area contributed by atoms with Crippen molar-refractivity contribution in [2.24, 2.45) is 0 Å². The Bertz CT molecular complexity index is 692. The molecule has 1 N–H and O–H groups in total. The first-order valence-corrected chi connectivity index (χ1v) is 8.22. The van der Waals surface area contributed by atoms with E-state index in [1.165, 1.54) is 11.1 Å². The van der Waals surface area contributed by atoms with Crippen LogP contribution in [-0.2, 0) is 17.9 Å². The van der Waals surface area contributed by atoms with E-state index >= 15 is 0 Å². The Kier molecular flexibility index (Phi) is 5.20. The highest BCUT2D eigenvalue weighted by atomic mass is 16.2. The fraction of sp³-hybridized carbons (Fsp3) is 0.412. The molecule has 0 atom stereocenters. The molecule has 0 radical (unpaired) electrons. The zero-order chi connectivity index (χ0) is 16.8. The van der Waals surface area contributed by atoms with Crippen LogP contribution >= 0.6 is 0 Å². The number of rotatable bonds is 5. The second kappa shape index (κ2) is 7.72. The summed E-state index contributed by atoms with van der Waals surface area (Å²) in [6.45, 7) is 2.13. The standard InChI is InChI=1S/C17H21N5O2/c23-16(21-9-5-2-6-10-21)13-22-12-15(19-20-22)11-18-17(24)14-7-3-1-4-8-14/h1,3-4,7-8,12H,2,5-6,9-11,13H2,(H,18,24). The third-order valence-corrected chi connectivity index (χ3v) is 4.06. The summed E-state index contributed by atoms with van der Waals surface area (Å²) in [5.74, 6) is -0.0889. The molecule has 1 aromatic carbocycles. The third-order valence-electron chi connectivity index (χ3n) is 4.06. The number of carbonyl (C=O) groups excluding carboxylic acids is 2. The smallest absolute Gasteiger partial charge is 0.251 e. The molecule has 2 amide bonds. The maximum Gasteiger partial charge on any atom is 0.251 e. The first-order chi connectivity index (χ1) is 11.7. The van der Waals surface area contributed by atoms with Crippen molar-refractivity contribution in [1.29, 1.82) is 0 Å². The lowest BCUT2D eigenvalue weighted by Gasteiger charge is -2.26. The Labute approximate surface area is 140 Å². The van der Waals surface area contributed by atoms with Crippen LogP contribution in [0, 0.1) is 0 Å². The van der Waals surface area contributed by atoms with Crippen LogP contribution < -0.4 is 5.32 Å². The van der Waals surface area contributed by atoms with Crippen molar-refractivity contribution in [2.75, 3.05) is 13.1 Å². The monoisotopic (exact) mass is 327 g/mol. The van der Waals surface area contributed by atoms with E-state index in [1.807, 2.05) is 23.1 Å². The minimum atomic E-state index is -0.158. The van der Waals surface area contributed by atoms with Crippen molar-refractivity contribution in [1.82, 2.24) is 25.2 Å². The van der Waals surface area contributed by atoms with E-state index in [0.29, 0.717) is 11.3 Å². The lowest BCUT2D eigenvalue weighted by atomic mass is 10.1. The second-order valence-electron chi connectivity index (χ2n) is 5.90. The number of likely N-dealkylation sites (tertiary alicyclic amines) is 1. The number of amides is 2. The predicted molar refractivity (Wildman–Crippen MR) is 88.1 cm³/mol. The van der Waals surface area contributed by atoms with Gasteiger partial charge in [0.15, 0.2) is 0 Å². The molecule has 1 aromatic heterocycles. The van der Waals surface area contributed by atoms with Crippen molar-refractivity contribution in [2.45, 2.75) is 32.4 Å². The molecule has 0 spiro atoms. The first kappa shape index (κ1) is 16.2. The van der Waals surface area contributed by atoms with Gasteiger partial charge in [0, 0.05) is 18.7 Å². The number of benzene rings is 1. The molecule has 126 valence electrons. The quantitative estimate of drug-likeness (QED) is 0.895. The molecule has 0 unspecified atom stereocenters.